The Morgan fingerprint density at radius 2 is 1.67 bits per heavy atom. The molecule has 3 heteroatoms. The predicted octanol–water partition coefficient (Wildman–Crippen LogP) is 3.41. The predicted molar refractivity (Wildman–Crippen MR) is 57.7 cm³/mol. The molecule has 15 heavy (non-hydrogen) atoms. The number of hydrogen-bond donors (Lipinski definition) is 1. The Kier molecular flexibility index (Phi) is 4.21. The van der Waals surface area contributed by atoms with Crippen LogP contribution < -0.4 is 5.32 Å². The van der Waals surface area contributed by atoms with Gasteiger partial charge >= 0.3 is 0 Å². The summed E-state index contributed by atoms with van der Waals surface area (Å²) in [6, 6.07) is 3.92. The molecular formula is C12H17F2N. The molecule has 0 amide bonds. The van der Waals surface area contributed by atoms with Crippen molar-refractivity contribution in [3.63, 3.8) is 0 Å². The molecule has 0 aromatic heterocycles. The molecule has 1 N–H and O–H groups in total. The van der Waals surface area contributed by atoms with Gasteiger partial charge in [-0.15, -0.1) is 0 Å². The van der Waals surface area contributed by atoms with Crippen LogP contribution in [0.1, 0.15) is 38.8 Å². The zero-order chi connectivity index (χ0) is 11.4. The van der Waals surface area contributed by atoms with Crippen LogP contribution in [0.3, 0.4) is 0 Å². The summed E-state index contributed by atoms with van der Waals surface area (Å²) in [5, 5.41) is 3.27. The van der Waals surface area contributed by atoms with E-state index < -0.39 is 11.6 Å². The molecule has 0 fully saturated rings. The van der Waals surface area contributed by atoms with E-state index in [1.54, 1.807) is 0 Å². The minimum absolute atomic E-state index is 0.0369. The third-order valence-corrected chi connectivity index (χ3v) is 2.53. The van der Waals surface area contributed by atoms with Gasteiger partial charge in [-0.2, -0.15) is 0 Å². The largest absolute Gasteiger partial charge is 0.308 e. The van der Waals surface area contributed by atoms with Crippen molar-refractivity contribution in [2.24, 2.45) is 0 Å². The zero-order valence-corrected chi connectivity index (χ0v) is 9.35. The second-order valence-corrected chi connectivity index (χ2v) is 3.90. The van der Waals surface area contributed by atoms with E-state index in [9.17, 15) is 8.78 Å². The summed E-state index contributed by atoms with van der Waals surface area (Å²) in [4.78, 5) is 0. The van der Waals surface area contributed by atoms with Gasteiger partial charge in [-0.05, 0) is 38.0 Å². The second kappa shape index (κ2) is 5.21. The molecule has 1 rings (SSSR count). The van der Waals surface area contributed by atoms with Crippen LogP contribution in [0.15, 0.2) is 18.2 Å². The first-order valence-corrected chi connectivity index (χ1v) is 5.25. The first-order valence-electron chi connectivity index (χ1n) is 5.25. The fourth-order valence-corrected chi connectivity index (χ4v) is 1.47. The van der Waals surface area contributed by atoms with Gasteiger partial charge in [0.15, 0.2) is 0 Å². The molecule has 0 heterocycles. The SMILES string of the molecule is CC[C@@H](C)N[C@H](C)c1cc(F)cc(F)c1. The van der Waals surface area contributed by atoms with Gasteiger partial charge in [-0.1, -0.05) is 6.92 Å². The quantitative estimate of drug-likeness (QED) is 0.808. The number of rotatable bonds is 4. The van der Waals surface area contributed by atoms with E-state index in [0.29, 0.717) is 11.6 Å². The fourth-order valence-electron chi connectivity index (χ4n) is 1.47. The van der Waals surface area contributed by atoms with Gasteiger partial charge in [0, 0.05) is 18.2 Å². The molecule has 2 atom stereocenters. The lowest BCUT2D eigenvalue weighted by atomic mass is 10.1. The summed E-state index contributed by atoms with van der Waals surface area (Å²) in [7, 11) is 0. The third kappa shape index (κ3) is 3.59. The summed E-state index contributed by atoms with van der Waals surface area (Å²) in [6.45, 7) is 6.02. The molecule has 0 aliphatic carbocycles. The van der Waals surface area contributed by atoms with Crippen LogP contribution in [-0.2, 0) is 0 Å². The van der Waals surface area contributed by atoms with Crippen molar-refractivity contribution in [3.8, 4) is 0 Å². The van der Waals surface area contributed by atoms with Crippen LogP contribution in [0.25, 0.3) is 0 Å². The maximum atomic E-state index is 12.9. The van der Waals surface area contributed by atoms with Crippen molar-refractivity contribution in [3.05, 3.63) is 35.4 Å². The van der Waals surface area contributed by atoms with Crippen LogP contribution in [0, 0.1) is 11.6 Å². The monoisotopic (exact) mass is 213 g/mol. The average molecular weight is 213 g/mol. The van der Waals surface area contributed by atoms with E-state index in [1.165, 1.54) is 12.1 Å². The Bertz CT molecular complexity index is 305. The van der Waals surface area contributed by atoms with Crippen LogP contribution >= 0.6 is 0 Å². The normalized spacial score (nSPS) is 15.0. The summed E-state index contributed by atoms with van der Waals surface area (Å²) >= 11 is 0. The lowest BCUT2D eigenvalue weighted by Gasteiger charge is -2.19. The highest BCUT2D eigenvalue weighted by molar-refractivity contribution is 5.20. The van der Waals surface area contributed by atoms with Crippen molar-refractivity contribution in [1.29, 1.82) is 0 Å². The molecular weight excluding hydrogens is 196 g/mol. The molecule has 1 nitrogen and oxygen atoms in total. The van der Waals surface area contributed by atoms with Gasteiger partial charge in [-0.25, -0.2) is 8.78 Å². The maximum Gasteiger partial charge on any atom is 0.126 e. The molecule has 0 saturated heterocycles. The van der Waals surface area contributed by atoms with E-state index in [0.717, 1.165) is 12.5 Å². The van der Waals surface area contributed by atoms with E-state index >= 15 is 0 Å². The van der Waals surface area contributed by atoms with Crippen molar-refractivity contribution in [2.75, 3.05) is 0 Å². The first-order chi connectivity index (χ1) is 7.02. The molecule has 0 spiro atoms. The Labute approximate surface area is 89.5 Å². The molecule has 0 aliphatic heterocycles. The van der Waals surface area contributed by atoms with Crippen LogP contribution in [-0.4, -0.2) is 6.04 Å². The Morgan fingerprint density at radius 3 is 2.13 bits per heavy atom. The Balaban J connectivity index is 2.77. The van der Waals surface area contributed by atoms with Gasteiger partial charge < -0.3 is 5.32 Å². The standard InChI is InChI=1S/C12H17F2N/c1-4-8(2)15-9(3)10-5-11(13)7-12(14)6-10/h5-9,15H,4H2,1-3H3/t8-,9-/m1/s1. The van der Waals surface area contributed by atoms with Gasteiger partial charge in [0.1, 0.15) is 11.6 Å². The lowest BCUT2D eigenvalue weighted by Crippen LogP contribution is -2.28. The Morgan fingerprint density at radius 1 is 1.13 bits per heavy atom. The average Bonchev–Trinajstić information content (AvgIpc) is 2.16. The van der Waals surface area contributed by atoms with Gasteiger partial charge in [0.05, 0.1) is 0 Å². The molecule has 0 saturated carbocycles. The number of benzene rings is 1. The summed E-state index contributed by atoms with van der Waals surface area (Å²) in [5.74, 6) is -1.05. The number of hydrogen-bond acceptors (Lipinski definition) is 1. The molecule has 0 aliphatic rings. The minimum atomic E-state index is -0.525. The van der Waals surface area contributed by atoms with E-state index in [4.69, 9.17) is 0 Å². The van der Waals surface area contributed by atoms with Gasteiger partial charge in [-0.3, -0.25) is 0 Å². The topological polar surface area (TPSA) is 12.0 Å². The van der Waals surface area contributed by atoms with E-state index in [-0.39, 0.29) is 6.04 Å². The van der Waals surface area contributed by atoms with Crippen LogP contribution in [0.2, 0.25) is 0 Å². The maximum absolute atomic E-state index is 12.9. The van der Waals surface area contributed by atoms with Crippen molar-refractivity contribution in [1.82, 2.24) is 5.32 Å². The van der Waals surface area contributed by atoms with Crippen LogP contribution in [0.5, 0.6) is 0 Å². The van der Waals surface area contributed by atoms with E-state index in [1.807, 2.05) is 13.8 Å². The molecule has 0 bridgehead atoms. The van der Waals surface area contributed by atoms with Crippen molar-refractivity contribution >= 4 is 0 Å². The first kappa shape index (κ1) is 12.1. The Hall–Kier alpha value is -0.960. The fraction of sp³-hybridized carbons (Fsp3) is 0.500. The van der Waals surface area contributed by atoms with Crippen molar-refractivity contribution in [2.45, 2.75) is 39.3 Å². The number of nitrogens with one attached hydrogen (secondary N) is 1. The van der Waals surface area contributed by atoms with E-state index in [2.05, 4.69) is 12.2 Å². The lowest BCUT2D eigenvalue weighted by molar-refractivity contribution is 0.464. The summed E-state index contributed by atoms with van der Waals surface area (Å²) in [6.07, 6.45) is 0.988. The molecule has 0 unspecified atom stereocenters. The molecule has 1 aromatic carbocycles. The molecule has 84 valence electrons. The highest BCUT2D eigenvalue weighted by Gasteiger charge is 2.10. The summed E-state index contributed by atoms with van der Waals surface area (Å²) < 4.78 is 25.9. The third-order valence-electron chi connectivity index (χ3n) is 2.53. The van der Waals surface area contributed by atoms with Gasteiger partial charge in [0.25, 0.3) is 0 Å². The highest BCUT2D eigenvalue weighted by atomic mass is 19.1. The second-order valence-electron chi connectivity index (χ2n) is 3.90. The van der Waals surface area contributed by atoms with Gasteiger partial charge in [0.2, 0.25) is 0 Å². The smallest absolute Gasteiger partial charge is 0.126 e. The van der Waals surface area contributed by atoms with Crippen LogP contribution in [0.4, 0.5) is 8.78 Å². The number of halogens is 2. The molecule has 0 radical (unpaired) electrons. The molecule has 1 aromatic rings. The summed E-state index contributed by atoms with van der Waals surface area (Å²) in [5.41, 5.74) is 0.646. The van der Waals surface area contributed by atoms with Crippen molar-refractivity contribution < 1.29 is 8.78 Å². The minimum Gasteiger partial charge on any atom is -0.308 e. The zero-order valence-electron chi connectivity index (χ0n) is 9.35. The highest BCUT2D eigenvalue weighted by Crippen LogP contribution is 2.16.